The molecule has 1 aliphatic heterocycles. The zero-order chi connectivity index (χ0) is 16.1. The fourth-order valence-corrected chi connectivity index (χ4v) is 4.28. The number of alkyl halides is 2. The molecule has 1 atom stereocenters. The van der Waals surface area contributed by atoms with E-state index in [2.05, 4.69) is 9.97 Å². The van der Waals surface area contributed by atoms with Crippen LogP contribution in [0.5, 0.6) is 0 Å². The van der Waals surface area contributed by atoms with Crippen LogP contribution >= 0.6 is 0 Å². The summed E-state index contributed by atoms with van der Waals surface area (Å²) in [6.45, 7) is -1.15. The Morgan fingerprint density at radius 2 is 2.23 bits per heavy atom. The molecule has 3 rings (SSSR count). The predicted octanol–water partition coefficient (Wildman–Crippen LogP) is 1.05. The highest BCUT2D eigenvalue weighted by atomic mass is 32.2. The number of nitrogens with one attached hydrogen (secondary N) is 1. The molecule has 1 aliphatic rings. The average molecular weight is 331 g/mol. The first-order valence-electron chi connectivity index (χ1n) is 6.27. The van der Waals surface area contributed by atoms with Crippen molar-refractivity contribution in [1.29, 1.82) is 0 Å². The maximum Gasteiger partial charge on any atom is 0.322 e. The smallest absolute Gasteiger partial charge is 0.322 e. The number of fused-ring (bicyclic) bond motifs is 1. The van der Waals surface area contributed by atoms with Crippen molar-refractivity contribution < 1.29 is 27.1 Å². The summed E-state index contributed by atoms with van der Waals surface area (Å²) in [7, 11) is -4.39. The highest BCUT2D eigenvalue weighted by Gasteiger charge is 2.53. The van der Waals surface area contributed by atoms with Gasteiger partial charge in [0.05, 0.1) is 6.54 Å². The van der Waals surface area contributed by atoms with Crippen LogP contribution in [0, 0.1) is 0 Å². The van der Waals surface area contributed by atoms with Crippen LogP contribution in [0.4, 0.5) is 8.78 Å². The molecule has 0 unspecified atom stereocenters. The van der Waals surface area contributed by atoms with Gasteiger partial charge in [0.1, 0.15) is 16.6 Å². The Labute approximate surface area is 123 Å². The van der Waals surface area contributed by atoms with E-state index in [4.69, 9.17) is 5.11 Å². The van der Waals surface area contributed by atoms with Gasteiger partial charge in [0.2, 0.25) is 10.0 Å². The summed E-state index contributed by atoms with van der Waals surface area (Å²) in [6, 6.07) is 1.18. The second-order valence-electron chi connectivity index (χ2n) is 5.02. The summed E-state index contributed by atoms with van der Waals surface area (Å²) in [4.78, 5) is 17.4. The number of carbonyl (C=O) groups is 1. The monoisotopic (exact) mass is 331 g/mol. The number of hydrogen-bond acceptors (Lipinski definition) is 4. The number of pyridine rings is 1. The Morgan fingerprint density at radius 1 is 1.50 bits per heavy atom. The fraction of sp³-hybridized carbons (Fsp3) is 0.333. The van der Waals surface area contributed by atoms with Crippen LogP contribution in [-0.4, -0.2) is 52.3 Å². The molecule has 10 heteroatoms. The van der Waals surface area contributed by atoms with Gasteiger partial charge in [-0.1, -0.05) is 0 Å². The minimum atomic E-state index is -4.39. The zero-order valence-corrected chi connectivity index (χ0v) is 11.8. The lowest BCUT2D eigenvalue weighted by atomic mass is 10.2. The summed E-state index contributed by atoms with van der Waals surface area (Å²) in [5, 5.41) is 9.25. The highest BCUT2D eigenvalue weighted by molar-refractivity contribution is 7.89. The molecule has 0 aliphatic carbocycles. The van der Waals surface area contributed by atoms with E-state index in [1.54, 1.807) is 0 Å². The Balaban J connectivity index is 2.11. The predicted molar refractivity (Wildman–Crippen MR) is 71.0 cm³/mol. The SMILES string of the molecule is O=C(O)[C@H]1CC(F)(F)CN1S(=O)(=O)c1c[nH]c2ncccc12. The maximum absolute atomic E-state index is 13.5. The van der Waals surface area contributed by atoms with Gasteiger partial charge in [-0.15, -0.1) is 0 Å². The number of aromatic nitrogens is 2. The van der Waals surface area contributed by atoms with Crippen molar-refractivity contribution in [3.8, 4) is 0 Å². The number of carboxylic acid groups (broad SMARTS) is 1. The van der Waals surface area contributed by atoms with E-state index in [0.29, 0.717) is 4.31 Å². The van der Waals surface area contributed by atoms with Crippen LogP contribution in [0.25, 0.3) is 11.0 Å². The first-order chi connectivity index (χ1) is 10.2. The van der Waals surface area contributed by atoms with Gasteiger partial charge in [-0.3, -0.25) is 4.79 Å². The van der Waals surface area contributed by atoms with Crippen molar-refractivity contribution in [3.05, 3.63) is 24.5 Å². The number of rotatable bonds is 3. The lowest BCUT2D eigenvalue weighted by Crippen LogP contribution is -2.40. The zero-order valence-electron chi connectivity index (χ0n) is 11.0. The minimum Gasteiger partial charge on any atom is -0.480 e. The van der Waals surface area contributed by atoms with Crippen LogP contribution in [0.3, 0.4) is 0 Å². The molecular formula is C12H11F2N3O4S. The third-order valence-corrected chi connectivity index (χ3v) is 5.41. The molecule has 0 amide bonds. The van der Waals surface area contributed by atoms with E-state index in [1.807, 2.05) is 0 Å². The minimum absolute atomic E-state index is 0.224. The summed E-state index contributed by atoms with van der Waals surface area (Å²) in [6.07, 6.45) is 1.53. The van der Waals surface area contributed by atoms with Crippen molar-refractivity contribution in [3.63, 3.8) is 0 Å². The normalized spacial score (nSPS) is 22.2. The van der Waals surface area contributed by atoms with Crippen molar-refractivity contribution in [2.24, 2.45) is 0 Å². The van der Waals surface area contributed by atoms with Crippen molar-refractivity contribution in [1.82, 2.24) is 14.3 Å². The highest BCUT2D eigenvalue weighted by Crippen LogP contribution is 2.37. The number of carboxylic acids is 1. The number of nitrogens with zero attached hydrogens (tertiary/aromatic N) is 2. The van der Waals surface area contributed by atoms with Gasteiger partial charge in [-0.05, 0) is 12.1 Å². The number of hydrogen-bond donors (Lipinski definition) is 2. The van der Waals surface area contributed by atoms with Gasteiger partial charge in [-0.25, -0.2) is 22.2 Å². The lowest BCUT2D eigenvalue weighted by molar-refractivity contribution is -0.141. The van der Waals surface area contributed by atoms with E-state index in [1.165, 1.54) is 18.3 Å². The van der Waals surface area contributed by atoms with Gasteiger partial charge >= 0.3 is 5.97 Å². The topological polar surface area (TPSA) is 103 Å². The first-order valence-corrected chi connectivity index (χ1v) is 7.71. The number of sulfonamides is 1. The standard InChI is InChI=1S/C12H11F2N3O4S/c13-12(14)4-8(11(18)19)17(6-12)22(20,21)9-5-16-10-7(9)2-1-3-15-10/h1-3,5,8H,4,6H2,(H,15,16)(H,18,19)/t8-/m1/s1. The van der Waals surface area contributed by atoms with E-state index < -0.39 is 40.9 Å². The van der Waals surface area contributed by atoms with Gasteiger partial charge < -0.3 is 10.1 Å². The van der Waals surface area contributed by atoms with Crippen LogP contribution in [-0.2, 0) is 14.8 Å². The number of halogens is 2. The van der Waals surface area contributed by atoms with Crippen molar-refractivity contribution in [2.45, 2.75) is 23.3 Å². The van der Waals surface area contributed by atoms with Crippen LogP contribution in [0.1, 0.15) is 6.42 Å². The average Bonchev–Trinajstić information content (AvgIpc) is 3.00. The van der Waals surface area contributed by atoms with Crippen LogP contribution < -0.4 is 0 Å². The quantitative estimate of drug-likeness (QED) is 0.875. The molecule has 0 spiro atoms. The second-order valence-corrected chi connectivity index (χ2v) is 6.88. The third kappa shape index (κ3) is 2.24. The van der Waals surface area contributed by atoms with Crippen molar-refractivity contribution >= 4 is 27.0 Å². The molecule has 2 N–H and O–H groups in total. The lowest BCUT2D eigenvalue weighted by Gasteiger charge is -2.19. The Morgan fingerprint density at radius 3 is 2.91 bits per heavy atom. The van der Waals surface area contributed by atoms with E-state index in [9.17, 15) is 22.0 Å². The molecular weight excluding hydrogens is 320 g/mol. The summed E-state index contributed by atoms with van der Waals surface area (Å²) < 4.78 is 52.5. The molecule has 2 aromatic rings. The molecule has 118 valence electrons. The molecule has 1 saturated heterocycles. The fourth-order valence-electron chi connectivity index (χ4n) is 2.52. The molecule has 7 nitrogen and oxygen atoms in total. The van der Waals surface area contributed by atoms with Gasteiger partial charge in [0.15, 0.2) is 0 Å². The maximum atomic E-state index is 13.5. The van der Waals surface area contributed by atoms with Gasteiger partial charge in [-0.2, -0.15) is 4.31 Å². The van der Waals surface area contributed by atoms with Crippen LogP contribution in [0.2, 0.25) is 0 Å². The molecule has 0 saturated carbocycles. The molecule has 1 fully saturated rings. The largest absolute Gasteiger partial charge is 0.480 e. The number of aliphatic carboxylic acids is 1. The molecule has 0 aromatic carbocycles. The summed E-state index contributed by atoms with van der Waals surface area (Å²) in [5.74, 6) is -4.97. The first kappa shape index (κ1) is 14.9. The Kier molecular flexibility index (Phi) is 3.18. The molecule has 2 aromatic heterocycles. The van der Waals surface area contributed by atoms with Crippen LogP contribution in [0.15, 0.2) is 29.4 Å². The third-order valence-electron chi connectivity index (χ3n) is 3.51. The Hall–Kier alpha value is -2.07. The summed E-state index contributed by atoms with van der Waals surface area (Å²) in [5.41, 5.74) is 0.277. The molecule has 3 heterocycles. The van der Waals surface area contributed by atoms with Crippen molar-refractivity contribution in [2.75, 3.05) is 6.54 Å². The molecule has 0 bridgehead atoms. The summed E-state index contributed by atoms with van der Waals surface area (Å²) >= 11 is 0. The van der Waals surface area contributed by atoms with Gasteiger partial charge in [0.25, 0.3) is 5.92 Å². The number of aromatic amines is 1. The second kappa shape index (κ2) is 4.71. The number of H-pyrrole nitrogens is 1. The molecule has 22 heavy (non-hydrogen) atoms. The van der Waals surface area contributed by atoms with E-state index >= 15 is 0 Å². The van der Waals surface area contributed by atoms with E-state index in [0.717, 1.165) is 6.20 Å². The van der Waals surface area contributed by atoms with Gasteiger partial charge in [0, 0.05) is 24.2 Å². The van der Waals surface area contributed by atoms with E-state index in [-0.39, 0.29) is 15.9 Å². The Bertz CT molecular complexity index is 849. The molecule has 0 radical (unpaired) electrons.